The average Bonchev–Trinajstić information content (AvgIpc) is 3.36. The van der Waals surface area contributed by atoms with Gasteiger partial charge in [0.15, 0.2) is 16.2 Å². The lowest BCUT2D eigenvalue weighted by atomic mass is 9.46. The Balaban J connectivity index is 1.25. The first-order chi connectivity index (χ1) is 15.8. The zero-order chi connectivity index (χ0) is 23.0. The molecule has 1 N–H and O–H groups in total. The number of hydrogen-bond donors (Lipinski definition) is 1. The fraction of sp³-hybridized carbons (Fsp3) is 0.654. The maximum Gasteiger partial charge on any atom is 0.157 e. The van der Waals surface area contributed by atoms with Crippen LogP contribution in [0.2, 0.25) is 0 Å². The average molecular weight is 465 g/mol. The van der Waals surface area contributed by atoms with Crippen molar-refractivity contribution in [2.75, 3.05) is 0 Å². The maximum atomic E-state index is 13.6. The molecule has 0 aliphatic heterocycles. The van der Waals surface area contributed by atoms with Crippen LogP contribution in [0, 0.1) is 39.1 Å². The van der Waals surface area contributed by atoms with Crippen molar-refractivity contribution in [3.8, 4) is 0 Å². The molecule has 2 aromatic rings. The number of hydrogen-bond acceptors (Lipinski definition) is 5. The summed E-state index contributed by atoms with van der Waals surface area (Å²) < 4.78 is 2.36. The van der Waals surface area contributed by atoms with Crippen molar-refractivity contribution in [2.24, 2.45) is 34.5 Å². The van der Waals surface area contributed by atoms with Crippen LogP contribution < -0.4 is 0 Å². The van der Waals surface area contributed by atoms with Gasteiger partial charge in [-0.3, -0.25) is 9.59 Å². The number of fused-ring (bicyclic) bond motifs is 6. The van der Waals surface area contributed by atoms with Gasteiger partial charge in [0.25, 0.3) is 0 Å². The van der Waals surface area contributed by atoms with Crippen LogP contribution in [0.5, 0.6) is 0 Å². The van der Waals surface area contributed by atoms with Gasteiger partial charge in [0.1, 0.15) is 11.2 Å². The largest absolute Gasteiger partial charge is 0.330 e. The Kier molecular flexibility index (Phi) is 4.81. The lowest BCUT2D eigenvalue weighted by Crippen LogP contribution is -2.51. The third-order valence-corrected chi connectivity index (χ3v) is 10.4. The number of carbonyl (C=O) groups excluding carboxylic acids is 2. The van der Waals surface area contributed by atoms with E-state index in [2.05, 4.69) is 28.8 Å². The number of allylic oxidation sites excluding steroid dienone is 1. The van der Waals surface area contributed by atoms with Crippen molar-refractivity contribution >= 4 is 34.9 Å². The topological polar surface area (TPSA) is 80.6 Å². The Morgan fingerprint density at radius 3 is 2.85 bits per heavy atom. The summed E-state index contributed by atoms with van der Waals surface area (Å²) in [5.41, 5.74) is 3.10. The second-order valence-electron chi connectivity index (χ2n) is 11.4. The minimum atomic E-state index is 0.0745. The van der Waals surface area contributed by atoms with Crippen LogP contribution in [0.15, 0.2) is 24.3 Å². The predicted molar refractivity (Wildman–Crippen MR) is 128 cm³/mol. The molecule has 3 saturated carbocycles. The van der Waals surface area contributed by atoms with Gasteiger partial charge in [-0.05, 0) is 79.6 Å². The summed E-state index contributed by atoms with van der Waals surface area (Å²) in [6.07, 6.45) is 13.6. The Hall–Kier alpha value is -2.15. The van der Waals surface area contributed by atoms with E-state index < -0.39 is 0 Å². The molecule has 174 valence electrons. The second kappa shape index (κ2) is 7.42. The molecule has 0 aromatic carbocycles. The number of H-pyrrole nitrogens is 1. The highest BCUT2D eigenvalue weighted by atomic mass is 32.1. The zero-order valence-electron chi connectivity index (χ0n) is 19.5. The lowest BCUT2D eigenvalue weighted by Gasteiger charge is -2.58. The lowest BCUT2D eigenvalue weighted by molar-refractivity contribution is -0.131. The summed E-state index contributed by atoms with van der Waals surface area (Å²) in [6.45, 7) is 5.15. The maximum absolute atomic E-state index is 13.6. The molecule has 0 spiro atoms. The highest BCUT2D eigenvalue weighted by Gasteiger charge is 2.60. The van der Waals surface area contributed by atoms with E-state index in [4.69, 9.17) is 12.2 Å². The fourth-order valence-electron chi connectivity index (χ4n) is 8.39. The Morgan fingerprint density at radius 2 is 2.00 bits per heavy atom. The summed E-state index contributed by atoms with van der Waals surface area (Å²) in [6, 6.07) is 0. The molecule has 2 aromatic heterocycles. The van der Waals surface area contributed by atoms with E-state index in [1.165, 1.54) is 18.4 Å². The molecule has 0 radical (unpaired) electrons. The van der Waals surface area contributed by atoms with Gasteiger partial charge in [-0.1, -0.05) is 31.6 Å². The Morgan fingerprint density at radius 1 is 1.15 bits per heavy atom. The van der Waals surface area contributed by atoms with Crippen molar-refractivity contribution in [3.63, 3.8) is 0 Å². The quantitative estimate of drug-likeness (QED) is 0.631. The standard InChI is InChI=1S/C26H32N4O2S/c1-25-9-7-16(31)11-15(25)3-4-17-18-5-6-20(26(18,2)10-8-19(17)25)21(32)12-30-14-29-22-23(30)27-13-28-24(22)33/h11,13-14,17-20H,3-10,12H2,1-2H3,(H,27,28,33)/t17-,18-,19-,20+,25-,26-/m1/s1. The fourth-order valence-corrected chi connectivity index (χ4v) is 8.59. The van der Waals surface area contributed by atoms with E-state index in [-0.39, 0.29) is 16.7 Å². The van der Waals surface area contributed by atoms with E-state index in [1.807, 2.05) is 10.6 Å². The number of Topliss-reactive ketones (excluding diaryl/α,β-unsaturated/α-hetero) is 1. The van der Waals surface area contributed by atoms with Crippen molar-refractivity contribution in [1.29, 1.82) is 0 Å². The van der Waals surface area contributed by atoms with Crippen LogP contribution in [-0.4, -0.2) is 31.1 Å². The van der Waals surface area contributed by atoms with Gasteiger partial charge in [-0.2, -0.15) is 0 Å². The molecule has 7 heteroatoms. The Bertz CT molecular complexity index is 1240. The number of carbonyl (C=O) groups is 2. The van der Waals surface area contributed by atoms with E-state index in [0.717, 1.165) is 37.8 Å². The molecule has 6 nitrogen and oxygen atoms in total. The SMILES string of the molecule is C[C@@]12CC[C@@H]3[C@H](CCC4=CC(=O)CC[C@]43C)[C@H]1CC[C@H]2C(=O)Cn1cnc2c(=S)nc[nH]c21. The smallest absolute Gasteiger partial charge is 0.157 e. The molecule has 6 atom stereocenters. The molecule has 4 aliphatic rings. The molecule has 4 aliphatic carbocycles. The molecule has 3 fully saturated rings. The van der Waals surface area contributed by atoms with Crippen molar-refractivity contribution in [1.82, 2.24) is 19.5 Å². The molecule has 0 unspecified atom stereocenters. The summed E-state index contributed by atoms with van der Waals surface area (Å²) >= 11 is 5.28. The van der Waals surface area contributed by atoms with Crippen LogP contribution >= 0.6 is 12.2 Å². The molecule has 6 rings (SSSR count). The summed E-state index contributed by atoms with van der Waals surface area (Å²) in [5, 5.41) is 0. The number of ketones is 2. The normalized spacial score (nSPS) is 37.9. The van der Waals surface area contributed by atoms with Gasteiger partial charge in [-0.25, -0.2) is 9.97 Å². The van der Waals surface area contributed by atoms with Crippen LogP contribution in [-0.2, 0) is 16.1 Å². The Labute approximate surface area is 199 Å². The monoisotopic (exact) mass is 464 g/mol. The minimum Gasteiger partial charge on any atom is -0.330 e. The number of aromatic nitrogens is 4. The molecular weight excluding hydrogens is 432 g/mol. The molecule has 33 heavy (non-hydrogen) atoms. The molecule has 0 bridgehead atoms. The molecule has 0 amide bonds. The van der Waals surface area contributed by atoms with Crippen molar-refractivity contribution < 1.29 is 9.59 Å². The number of aromatic amines is 1. The first-order valence-electron chi connectivity index (χ1n) is 12.5. The van der Waals surface area contributed by atoms with Crippen LogP contribution in [0.4, 0.5) is 0 Å². The van der Waals surface area contributed by atoms with Crippen LogP contribution in [0.3, 0.4) is 0 Å². The van der Waals surface area contributed by atoms with Crippen LogP contribution in [0.1, 0.15) is 65.2 Å². The van der Waals surface area contributed by atoms with Crippen molar-refractivity contribution in [2.45, 2.75) is 71.8 Å². The van der Waals surface area contributed by atoms with E-state index in [1.54, 1.807) is 12.7 Å². The van der Waals surface area contributed by atoms with E-state index >= 15 is 0 Å². The minimum absolute atomic E-state index is 0.0745. The third kappa shape index (κ3) is 3.07. The summed E-state index contributed by atoms with van der Waals surface area (Å²) in [7, 11) is 0. The van der Waals surface area contributed by atoms with Gasteiger partial charge < -0.3 is 9.55 Å². The molecule has 2 heterocycles. The number of nitrogens with zero attached hydrogens (tertiary/aromatic N) is 3. The first kappa shape index (κ1) is 21.4. The van der Waals surface area contributed by atoms with E-state index in [9.17, 15) is 9.59 Å². The van der Waals surface area contributed by atoms with Gasteiger partial charge in [0.2, 0.25) is 0 Å². The zero-order valence-corrected chi connectivity index (χ0v) is 20.3. The predicted octanol–water partition coefficient (Wildman–Crippen LogP) is 5.21. The van der Waals surface area contributed by atoms with Gasteiger partial charge in [0, 0.05) is 12.3 Å². The van der Waals surface area contributed by atoms with Crippen molar-refractivity contribution in [3.05, 3.63) is 28.9 Å². The number of imidazole rings is 1. The van der Waals surface area contributed by atoms with Crippen LogP contribution in [0.25, 0.3) is 11.2 Å². The van der Waals surface area contributed by atoms with Gasteiger partial charge in [-0.15, -0.1) is 0 Å². The number of rotatable bonds is 3. The summed E-state index contributed by atoms with van der Waals surface area (Å²) in [5.74, 6) is 2.67. The third-order valence-electron chi connectivity index (χ3n) is 10.1. The van der Waals surface area contributed by atoms with Gasteiger partial charge in [0.05, 0.1) is 19.2 Å². The number of nitrogens with one attached hydrogen (secondary N) is 1. The first-order valence-corrected chi connectivity index (χ1v) is 12.9. The summed E-state index contributed by atoms with van der Waals surface area (Å²) in [4.78, 5) is 37.3. The highest BCUT2D eigenvalue weighted by molar-refractivity contribution is 7.71. The van der Waals surface area contributed by atoms with Gasteiger partial charge >= 0.3 is 0 Å². The molecule has 0 saturated heterocycles. The highest BCUT2D eigenvalue weighted by Crippen LogP contribution is 2.66. The second-order valence-corrected chi connectivity index (χ2v) is 11.8. The van der Waals surface area contributed by atoms with E-state index in [0.29, 0.717) is 52.4 Å². The molecular formula is C26H32N4O2S.